The Morgan fingerprint density at radius 2 is 1.12 bits per heavy atom. The maximum atomic E-state index is 12.3. The second-order valence-electron chi connectivity index (χ2n) is 9.16. The van der Waals surface area contributed by atoms with Crippen LogP contribution in [0.5, 0.6) is 0 Å². The number of ether oxygens (including phenoxy) is 1. The van der Waals surface area contributed by atoms with Gasteiger partial charge in [-0.2, -0.15) is 0 Å². The van der Waals surface area contributed by atoms with Gasteiger partial charge in [0, 0.05) is 0 Å². The van der Waals surface area contributed by atoms with Gasteiger partial charge in [0.1, 0.15) is 0 Å². The number of carboxylic acids is 1. The van der Waals surface area contributed by atoms with Crippen LogP contribution in [-0.4, -0.2) is 23.1 Å². The first-order valence-electron chi connectivity index (χ1n) is 13.1. The average Bonchev–Trinajstić information content (AvgIpc) is 2.78. The van der Waals surface area contributed by atoms with Crippen molar-refractivity contribution in [2.45, 2.75) is 129 Å². The number of carboxylic acid groups (broad SMARTS) is 1. The molecule has 0 saturated carbocycles. The van der Waals surface area contributed by atoms with Crippen LogP contribution in [0.4, 0.5) is 0 Å². The van der Waals surface area contributed by atoms with Crippen LogP contribution in [0.15, 0.2) is 24.3 Å². The Balaban J connectivity index is 1.95. The number of hydrogen-bond donors (Lipinski definition) is 1. The second kappa shape index (κ2) is 18.7. The molecular formula is C28H46O4. The van der Waals surface area contributed by atoms with Gasteiger partial charge in [-0.05, 0) is 31.9 Å². The lowest BCUT2D eigenvalue weighted by molar-refractivity contribution is 0.0313. The van der Waals surface area contributed by atoms with Crippen LogP contribution < -0.4 is 0 Å². The van der Waals surface area contributed by atoms with E-state index >= 15 is 0 Å². The van der Waals surface area contributed by atoms with Crippen LogP contribution in [0, 0.1) is 0 Å². The summed E-state index contributed by atoms with van der Waals surface area (Å²) >= 11 is 0. The maximum absolute atomic E-state index is 12.3. The lowest BCUT2D eigenvalue weighted by Crippen LogP contribution is -2.17. The molecule has 0 bridgehead atoms. The van der Waals surface area contributed by atoms with E-state index in [1.807, 2.05) is 6.92 Å². The molecular weight excluding hydrogens is 400 g/mol. The highest BCUT2D eigenvalue weighted by molar-refractivity contribution is 6.02. The molecule has 182 valence electrons. The van der Waals surface area contributed by atoms with Gasteiger partial charge in [0.25, 0.3) is 0 Å². The van der Waals surface area contributed by atoms with E-state index in [-0.39, 0.29) is 17.2 Å². The molecule has 0 radical (unpaired) electrons. The van der Waals surface area contributed by atoms with Crippen molar-refractivity contribution >= 4 is 11.9 Å². The number of carbonyl (C=O) groups is 2. The molecule has 32 heavy (non-hydrogen) atoms. The SMILES string of the molecule is CCCCCCCCCCCCCCCCCC[C@H](C)OC(=O)c1ccccc1C(=O)O. The van der Waals surface area contributed by atoms with Crippen LogP contribution in [0.1, 0.15) is 144 Å². The van der Waals surface area contributed by atoms with Crippen molar-refractivity contribution in [2.24, 2.45) is 0 Å². The Hall–Kier alpha value is -1.84. The van der Waals surface area contributed by atoms with Crippen molar-refractivity contribution in [2.75, 3.05) is 0 Å². The van der Waals surface area contributed by atoms with Crippen molar-refractivity contribution < 1.29 is 19.4 Å². The zero-order valence-electron chi connectivity index (χ0n) is 20.6. The van der Waals surface area contributed by atoms with Crippen LogP contribution in [0.3, 0.4) is 0 Å². The Kier molecular flexibility index (Phi) is 16.5. The molecule has 0 fully saturated rings. The van der Waals surface area contributed by atoms with Crippen LogP contribution in [0.25, 0.3) is 0 Å². The first-order valence-corrected chi connectivity index (χ1v) is 13.1. The summed E-state index contributed by atoms with van der Waals surface area (Å²) in [7, 11) is 0. The molecule has 1 atom stereocenters. The Morgan fingerprint density at radius 3 is 1.56 bits per heavy atom. The summed E-state index contributed by atoms with van der Waals surface area (Å²) in [5.74, 6) is -1.66. The largest absolute Gasteiger partial charge is 0.478 e. The molecule has 4 heteroatoms. The fraction of sp³-hybridized carbons (Fsp3) is 0.714. The third-order valence-corrected chi connectivity index (χ3v) is 6.15. The third kappa shape index (κ3) is 13.5. The van der Waals surface area contributed by atoms with Gasteiger partial charge in [-0.15, -0.1) is 0 Å². The number of benzene rings is 1. The van der Waals surface area contributed by atoms with Crippen LogP contribution >= 0.6 is 0 Å². The Labute approximate surface area is 196 Å². The topological polar surface area (TPSA) is 63.6 Å². The monoisotopic (exact) mass is 446 g/mol. The van der Waals surface area contributed by atoms with Gasteiger partial charge in [-0.1, -0.05) is 115 Å². The highest BCUT2D eigenvalue weighted by atomic mass is 16.5. The van der Waals surface area contributed by atoms with Crippen molar-refractivity contribution in [3.8, 4) is 0 Å². The summed E-state index contributed by atoms with van der Waals surface area (Å²) in [6.45, 7) is 4.15. The Bertz CT molecular complexity index is 626. The molecule has 0 spiro atoms. The number of esters is 1. The lowest BCUT2D eigenvalue weighted by Gasteiger charge is -2.14. The molecule has 0 aliphatic heterocycles. The molecule has 4 nitrogen and oxygen atoms in total. The molecule has 0 saturated heterocycles. The van der Waals surface area contributed by atoms with Gasteiger partial charge in [0.15, 0.2) is 0 Å². The van der Waals surface area contributed by atoms with Gasteiger partial charge in [-0.3, -0.25) is 0 Å². The normalized spacial score (nSPS) is 11.9. The molecule has 1 N–H and O–H groups in total. The summed E-state index contributed by atoms with van der Waals surface area (Å²) in [6, 6.07) is 6.20. The zero-order valence-corrected chi connectivity index (χ0v) is 20.6. The Morgan fingerprint density at radius 1 is 0.719 bits per heavy atom. The minimum absolute atomic E-state index is 0.00731. The molecule has 1 rings (SSSR count). The van der Waals surface area contributed by atoms with Gasteiger partial charge < -0.3 is 9.84 Å². The smallest absolute Gasteiger partial charge is 0.339 e. The fourth-order valence-electron chi connectivity index (χ4n) is 4.13. The molecule has 0 amide bonds. The second-order valence-corrected chi connectivity index (χ2v) is 9.16. The number of carbonyl (C=O) groups excluding carboxylic acids is 1. The zero-order chi connectivity index (χ0) is 23.4. The number of rotatable bonds is 20. The number of aromatic carboxylic acids is 1. The van der Waals surface area contributed by atoms with Gasteiger partial charge in [0.05, 0.1) is 17.2 Å². The predicted molar refractivity (Wildman–Crippen MR) is 132 cm³/mol. The summed E-state index contributed by atoms with van der Waals surface area (Å²) < 4.78 is 5.45. The minimum Gasteiger partial charge on any atom is -0.478 e. The van der Waals surface area contributed by atoms with Gasteiger partial charge in [0.2, 0.25) is 0 Å². The molecule has 0 aliphatic rings. The number of unbranched alkanes of at least 4 members (excludes halogenated alkanes) is 15. The minimum atomic E-state index is -1.11. The highest BCUT2D eigenvalue weighted by Crippen LogP contribution is 2.16. The molecule has 0 heterocycles. The van der Waals surface area contributed by atoms with E-state index in [0.717, 1.165) is 19.3 Å². The van der Waals surface area contributed by atoms with E-state index in [1.54, 1.807) is 12.1 Å². The fourth-order valence-corrected chi connectivity index (χ4v) is 4.13. The summed E-state index contributed by atoms with van der Waals surface area (Å²) in [4.78, 5) is 23.5. The van der Waals surface area contributed by atoms with Crippen molar-refractivity contribution in [1.82, 2.24) is 0 Å². The third-order valence-electron chi connectivity index (χ3n) is 6.15. The summed E-state index contributed by atoms with van der Waals surface area (Å²) in [6.07, 6.45) is 22.0. The highest BCUT2D eigenvalue weighted by Gasteiger charge is 2.18. The van der Waals surface area contributed by atoms with E-state index < -0.39 is 11.9 Å². The first-order chi connectivity index (χ1) is 15.6. The molecule has 1 aromatic carbocycles. The van der Waals surface area contributed by atoms with Crippen LogP contribution in [0.2, 0.25) is 0 Å². The van der Waals surface area contributed by atoms with Crippen molar-refractivity contribution in [3.63, 3.8) is 0 Å². The predicted octanol–water partition coefficient (Wildman–Crippen LogP) is 8.58. The molecule has 1 aromatic rings. The van der Waals surface area contributed by atoms with Gasteiger partial charge >= 0.3 is 11.9 Å². The standard InChI is InChI=1S/C28H46O4/c1-3-4-5-6-7-8-9-10-11-12-13-14-15-16-17-18-21-24(2)32-28(31)26-23-20-19-22-25(26)27(29)30/h19-20,22-24H,3-18,21H2,1-2H3,(H,29,30)/t24-/m0/s1. The average molecular weight is 447 g/mol. The summed E-state index contributed by atoms with van der Waals surface area (Å²) in [5, 5.41) is 9.20. The van der Waals surface area contributed by atoms with E-state index in [2.05, 4.69) is 6.92 Å². The van der Waals surface area contributed by atoms with Crippen LogP contribution in [-0.2, 0) is 4.74 Å². The molecule has 0 unspecified atom stereocenters. The lowest BCUT2D eigenvalue weighted by atomic mass is 10.0. The molecule has 0 aliphatic carbocycles. The first kappa shape index (κ1) is 28.2. The maximum Gasteiger partial charge on any atom is 0.339 e. The van der Waals surface area contributed by atoms with Crippen molar-refractivity contribution in [3.05, 3.63) is 35.4 Å². The van der Waals surface area contributed by atoms with E-state index in [1.165, 1.54) is 102 Å². The quantitative estimate of drug-likeness (QED) is 0.161. The van der Waals surface area contributed by atoms with E-state index in [0.29, 0.717) is 0 Å². The van der Waals surface area contributed by atoms with E-state index in [4.69, 9.17) is 4.74 Å². The molecule has 0 aromatic heterocycles. The number of hydrogen-bond acceptors (Lipinski definition) is 3. The van der Waals surface area contributed by atoms with Gasteiger partial charge in [-0.25, -0.2) is 9.59 Å². The summed E-state index contributed by atoms with van der Waals surface area (Å²) in [5.41, 5.74) is 0.117. The van der Waals surface area contributed by atoms with Crippen molar-refractivity contribution in [1.29, 1.82) is 0 Å². The van der Waals surface area contributed by atoms with E-state index in [9.17, 15) is 14.7 Å².